The zero-order chi connectivity index (χ0) is 14.1. The van der Waals surface area contributed by atoms with Crippen LogP contribution in [0.15, 0.2) is 27.4 Å². The molecular formula is C15H18N2O3. The quantitative estimate of drug-likeness (QED) is 0.841. The van der Waals surface area contributed by atoms with Crippen LogP contribution in [0.5, 0.6) is 5.75 Å². The molecule has 1 aliphatic heterocycles. The lowest BCUT2D eigenvalue weighted by Gasteiger charge is -2.30. The van der Waals surface area contributed by atoms with Gasteiger partial charge in [-0.05, 0) is 19.1 Å². The number of hydrogen-bond acceptors (Lipinski definition) is 5. The van der Waals surface area contributed by atoms with E-state index < -0.39 is 0 Å². The van der Waals surface area contributed by atoms with Crippen LogP contribution in [0.4, 0.5) is 5.69 Å². The number of ether oxygens (including phenoxy) is 1. The van der Waals surface area contributed by atoms with Crippen LogP contribution >= 0.6 is 0 Å². The summed E-state index contributed by atoms with van der Waals surface area (Å²) in [5.74, 6) is 0.734. The van der Waals surface area contributed by atoms with Gasteiger partial charge in [-0.25, -0.2) is 4.79 Å². The summed E-state index contributed by atoms with van der Waals surface area (Å²) in [5.41, 5.74) is 2.11. The highest BCUT2D eigenvalue weighted by Gasteiger charge is 2.17. The zero-order valence-electron chi connectivity index (χ0n) is 11.7. The molecular weight excluding hydrogens is 256 g/mol. The van der Waals surface area contributed by atoms with E-state index in [1.165, 1.54) is 0 Å². The number of benzene rings is 1. The van der Waals surface area contributed by atoms with E-state index in [2.05, 4.69) is 10.2 Å². The third-order valence-electron chi connectivity index (χ3n) is 3.77. The Kier molecular flexibility index (Phi) is 3.36. The van der Waals surface area contributed by atoms with Crippen LogP contribution in [-0.4, -0.2) is 33.3 Å². The van der Waals surface area contributed by atoms with Crippen molar-refractivity contribution in [3.8, 4) is 5.75 Å². The van der Waals surface area contributed by atoms with Crippen molar-refractivity contribution in [1.29, 1.82) is 0 Å². The molecule has 0 atom stereocenters. The van der Waals surface area contributed by atoms with Gasteiger partial charge >= 0.3 is 5.63 Å². The summed E-state index contributed by atoms with van der Waals surface area (Å²) in [7, 11) is 1.62. The number of nitrogens with one attached hydrogen (secondary N) is 1. The summed E-state index contributed by atoms with van der Waals surface area (Å²) < 4.78 is 10.7. The van der Waals surface area contributed by atoms with Gasteiger partial charge in [0.2, 0.25) is 0 Å². The molecule has 1 aromatic heterocycles. The van der Waals surface area contributed by atoms with Gasteiger partial charge in [-0.3, -0.25) is 0 Å². The molecule has 1 saturated heterocycles. The Hall–Kier alpha value is -2.01. The third-order valence-corrected chi connectivity index (χ3v) is 3.77. The molecule has 0 bridgehead atoms. The molecule has 0 amide bonds. The lowest BCUT2D eigenvalue weighted by atomic mass is 10.1. The number of rotatable bonds is 2. The highest BCUT2D eigenvalue weighted by Crippen LogP contribution is 2.32. The first-order chi connectivity index (χ1) is 9.70. The second-order valence-corrected chi connectivity index (χ2v) is 4.96. The van der Waals surface area contributed by atoms with E-state index in [0.29, 0.717) is 5.58 Å². The number of anilines is 1. The molecule has 5 heteroatoms. The molecule has 0 saturated carbocycles. The molecule has 2 aromatic rings. The lowest BCUT2D eigenvalue weighted by Crippen LogP contribution is -2.43. The van der Waals surface area contributed by atoms with E-state index in [1.807, 2.05) is 19.1 Å². The van der Waals surface area contributed by atoms with Crippen molar-refractivity contribution in [2.45, 2.75) is 6.92 Å². The molecule has 5 nitrogen and oxygen atoms in total. The van der Waals surface area contributed by atoms with Crippen molar-refractivity contribution in [1.82, 2.24) is 5.32 Å². The maximum atomic E-state index is 11.8. The van der Waals surface area contributed by atoms with E-state index in [1.54, 1.807) is 13.2 Å². The predicted octanol–water partition coefficient (Wildman–Crippen LogP) is 1.52. The van der Waals surface area contributed by atoms with Gasteiger partial charge in [-0.1, -0.05) is 0 Å². The van der Waals surface area contributed by atoms with E-state index in [9.17, 15) is 4.79 Å². The van der Waals surface area contributed by atoms with E-state index in [-0.39, 0.29) is 5.63 Å². The number of fused-ring (bicyclic) bond motifs is 1. The Labute approximate surface area is 117 Å². The maximum absolute atomic E-state index is 11.8. The first kappa shape index (κ1) is 13.0. The van der Waals surface area contributed by atoms with Crippen molar-refractivity contribution < 1.29 is 9.15 Å². The summed E-state index contributed by atoms with van der Waals surface area (Å²) in [6.07, 6.45) is 0. The van der Waals surface area contributed by atoms with Crippen LogP contribution in [0.3, 0.4) is 0 Å². The molecule has 0 aliphatic carbocycles. The van der Waals surface area contributed by atoms with Crippen molar-refractivity contribution in [2.24, 2.45) is 0 Å². The van der Waals surface area contributed by atoms with Crippen LogP contribution in [-0.2, 0) is 0 Å². The number of hydrogen-bond donors (Lipinski definition) is 1. The fourth-order valence-corrected chi connectivity index (χ4v) is 2.71. The molecule has 2 heterocycles. The Bertz CT molecular complexity index is 687. The topological polar surface area (TPSA) is 54.7 Å². The number of piperazine rings is 1. The van der Waals surface area contributed by atoms with E-state index >= 15 is 0 Å². The van der Waals surface area contributed by atoms with Crippen molar-refractivity contribution in [2.75, 3.05) is 38.2 Å². The number of methoxy groups -OCH3 is 1. The van der Waals surface area contributed by atoms with Crippen molar-refractivity contribution in [3.05, 3.63) is 34.2 Å². The minimum Gasteiger partial charge on any atom is -0.496 e. The molecule has 0 radical (unpaired) electrons. The highest BCUT2D eigenvalue weighted by molar-refractivity contribution is 5.93. The molecule has 1 N–H and O–H groups in total. The average Bonchev–Trinajstić information content (AvgIpc) is 2.48. The maximum Gasteiger partial charge on any atom is 0.338 e. The van der Waals surface area contributed by atoms with Gasteiger partial charge in [-0.2, -0.15) is 0 Å². The fraction of sp³-hybridized carbons (Fsp3) is 0.400. The summed E-state index contributed by atoms with van der Waals surface area (Å²) in [4.78, 5) is 14.1. The third kappa shape index (κ3) is 2.14. The van der Waals surface area contributed by atoms with Gasteiger partial charge < -0.3 is 19.4 Å². The smallest absolute Gasteiger partial charge is 0.338 e. The van der Waals surface area contributed by atoms with Gasteiger partial charge in [0.1, 0.15) is 11.3 Å². The Balaban J connectivity index is 2.21. The van der Waals surface area contributed by atoms with Crippen LogP contribution in [0.2, 0.25) is 0 Å². The molecule has 1 aromatic carbocycles. The molecule has 106 valence electrons. The molecule has 20 heavy (non-hydrogen) atoms. The van der Waals surface area contributed by atoms with E-state index in [4.69, 9.17) is 9.15 Å². The van der Waals surface area contributed by atoms with Crippen LogP contribution in [0.1, 0.15) is 5.56 Å². The number of aryl methyl sites for hydroxylation is 1. The largest absolute Gasteiger partial charge is 0.496 e. The van der Waals surface area contributed by atoms with Crippen LogP contribution < -0.4 is 20.6 Å². The van der Waals surface area contributed by atoms with Gasteiger partial charge in [0.05, 0.1) is 12.8 Å². The summed E-state index contributed by atoms with van der Waals surface area (Å²) >= 11 is 0. The Morgan fingerprint density at radius 3 is 2.75 bits per heavy atom. The van der Waals surface area contributed by atoms with Gasteiger partial charge in [0, 0.05) is 43.2 Å². The van der Waals surface area contributed by atoms with Gasteiger partial charge in [-0.15, -0.1) is 0 Å². The first-order valence-electron chi connectivity index (χ1n) is 6.78. The highest BCUT2D eigenvalue weighted by atomic mass is 16.5. The van der Waals surface area contributed by atoms with Crippen LogP contribution in [0, 0.1) is 6.92 Å². The fourth-order valence-electron chi connectivity index (χ4n) is 2.71. The summed E-state index contributed by atoms with van der Waals surface area (Å²) in [6, 6.07) is 5.46. The van der Waals surface area contributed by atoms with Crippen molar-refractivity contribution in [3.63, 3.8) is 0 Å². The number of nitrogens with zero attached hydrogens (tertiary/aromatic N) is 1. The minimum absolute atomic E-state index is 0.317. The molecule has 3 rings (SSSR count). The average molecular weight is 274 g/mol. The van der Waals surface area contributed by atoms with E-state index in [0.717, 1.165) is 48.6 Å². The SMILES string of the molecule is COc1ccc2c(N3CCNCC3)cc(=O)oc2c1C. The van der Waals surface area contributed by atoms with Gasteiger partial charge in [0.15, 0.2) is 0 Å². The van der Waals surface area contributed by atoms with Crippen molar-refractivity contribution >= 4 is 16.7 Å². The molecule has 0 spiro atoms. The predicted molar refractivity (Wildman–Crippen MR) is 78.9 cm³/mol. The second kappa shape index (κ2) is 5.17. The minimum atomic E-state index is -0.317. The van der Waals surface area contributed by atoms with Crippen LogP contribution in [0.25, 0.3) is 11.0 Å². The normalized spacial score (nSPS) is 15.6. The Morgan fingerprint density at radius 2 is 2.05 bits per heavy atom. The summed E-state index contributed by atoms with van der Waals surface area (Å²) in [5, 5.41) is 4.28. The first-order valence-corrected chi connectivity index (χ1v) is 6.78. The Morgan fingerprint density at radius 1 is 1.30 bits per heavy atom. The standard InChI is InChI=1S/C15H18N2O3/c1-10-13(19-2)4-3-11-12(9-14(18)20-15(10)11)17-7-5-16-6-8-17/h3-4,9,16H,5-8H2,1-2H3. The lowest BCUT2D eigenvalue weighted by molar-refractivity contribution is 0.410. The van der Waals surface area contributed by atoms with Gasteiger partial charge in [0.25, 0.3) is 0 Å². The molecule has 1 fully saturated rings. The summed E-state index contributed by atoms with van der Waals surface area (Å²) in [6.45, 7) is 5.55. The second-order valence-electron chi connectivity index (χ2n) is 4.96. The molecule has 0 unspecified atom stereocenters. The zero-order valence-corrected chi connectivity index (χ0v) is 11.7. The molecule has 1 aliphatic rings. The monoisotopic (exact) mass is 274 g/mol.